The van der Waals surface area contributed by atoms with E-state index in [2.05, 4.69) is 5.32 Å². The van der Waals surface area contributed by atoms with Crippen LogP contribution < -0.4 is 5.32 Å². The standard InChI is InChI=1S/C32H31NO9/c1-32(2)40-29(35)26(30(36)41-32)16-21(17-28(34)42-39-18-20-10-4-3-5-11-20)33-31(37)38-19-27-24-14-8-6-12-22(24)23-13-7-9-15-25(23)27/h3-15,21,26-27H,16-19H2,1-2H3,(H,33,37)/t21-/m0/s1. The van der Waals surface area contributed by atoms with Crippen molar-refractivity contribution in [2.24, 2.45) is 5.92 Å². The van der Waals surface area contributed by atoms with Crippen LogP contribution in [-0.2, 0) is 45.0 Å². The van der Waals surface area contributed by atoms with Gasteiger partial charge in [-0.2, -0.15) is 4.89 Å². The number of benzene rings is 3. The number of nitrogens with one attached hydrogen (secondary N) is 1. The largest absolute Gasteiger partial charge is 0.449 e. The zero-order chi connectivity index (χ0) is 29.7. The van der Waals surface area contributed by atoms with E-state index in [0.29, 0.717) is 0 Å². The van der Waals surface area contributed by atoms with Crippen molar-refractivity contribution in [1.29, 1.82) is 0 Å². The quantitative estimate of drug-likeness (QED) is 0.157. The minimum absolute atomic E-state index is 0.0212. The van der Waals surface area contributed by atoms with E-state index in [9.17, 15) is 19.2 Å². The van der Waals surface area contributed by atoms with Crippen LogP contribution in [-0.4, -0.2) is 42.4 Å². The monoisotopic (exact) mass is 573 g/mol. The zero-order valence-corrected chi connectivity index (χ0v) is 23.2. The lowest BCUT2D eigenvalue weighted by Gasteiger charge is -2.34. The summed E-state index contributed by atoms with van der Waals surface area (Å²) in [5.41, 5.74) is 5.02. The fourth-order valence-corrected chi connectivity index (χ4v) is 5.19. The number of amides is 1. The molecule has 218 valence electrons. The lowest BCUT2D eigenvalue weighted by atomic mass is 9.96. The van der Waals surface area contributed by atoms with E-state index in [1.807, 2.05) is 66.7 Å². The van der Waals surface area contributed by atoms with Crippen molar-refractivity contribution in [3.05, 3.63) is 95.6 Å². The van der Waals surface area contributed by atoms with Crippen molar-refractivity contribution in [2.45, 2.75) is 51.0 Å². The van der Waals surface area contributed by atoms with Crippen LogP contribution in [0.5, 0.6) is 0 Å². The summed E-state index contributed by atoms with van der Waals surface area (Å²) in [5, 5.41) is 2.60. The minimum Gasteiger partial charge on any atom is -0.449 e. The number of cyclic esters (lactones) is 2. The summed E-state index contributed by atoms with van der Waals surface area (Å²) in [5.74, 6) is -5.38. The first-order chi connectivity index (χ1) is 20.2. The molecule has 42 heavy (non-hydrogen) atoms. The Morgan fingerprint density at radius 2 is 1.40 bits per heavy atom. The second-order valence-corrected chi connectivity index (χ2v) is 10.6. The van der Waals surface area contributed by atoms with Gasteiger partial charge in [0.05, 0.1) is 6.42 Å². The highest BCUT2D eigenvalue weighted by Crippen LogP contribution is 2.44. The molecule has 0 unspecified atom stereocenters. The molecule has 0 saturated carbocycles. The minimum atomic E-state index is -1.41. The van der Waals surface area contributed by atoms with E-state index in [0.717, 1.165) is 27.8 Å². The maximum absolute atomic E-state index is 13.0. The molecule has 0 radical (unpaired) electrons. The fraction of sp³-hybridized carbons (Fsp3) is 0.312. The molecule has 3 aromatic rings. The van der Waals surface area contributed by atoms with Gasteiger partial charge in [-0.15, -0.1) is 0 Å². The molecule has 3 aromatic carbocycles. The number of fused-ring (bicyclic) bond motifs is 3. The lowest BCUT2D eigenvalue weighted by Crippen LogP contribution is -2.49. The molecule has 10 heteroatoms. The van der Waals surface area contributed by atoms with Gasteiger partial charge in [-0.25, -0.2) is 9.59 Å². The topological polar surface area (TPSA) is 126 Å². The summed E-state index contributed by atoms with van der Waals surface area (Å²) < 4.78 is 16.0. The number of rotatable bonds is 10. The number of hydrogen-bond donors (Lipinski definition) is 1. The first kappa shape index (κ1) is 28.8. The van der Waals surface area contributed by atoms with Crippen molar-refractivity contribution < 1.29 is 43.2 Å². The predicted octanol–water partition coefficient (Wildman–Crippen LogP) is 4.80. The Bertz CT molecular complexity index is 1400. The number of carbonyl (C=O) groups is 4. The van der Waals surface area contributed by atoms with Gasteiger partial charge >= 0.3 is 24.0 Å². The van der Waals surface area contributed by atoms with Gasteiger partial charge in [0.2, 0.25) is 0 Å². The van der Waals surface area contributed by atoms with E-state index in [4.69, 9.17) is 24.0 Å². The fourth-order valence-electron chi connectivity index (χ4n) is 5.19. The maximum Gasteiger partial charge on any atom is 0.407 e. The van der Waals surface area contributed by atoms with E-state index >= 15 is 0 Å². The summed E-state index contributed by atoms with van der Waals surface area (Å²) in [4.78, 5) is 60.7. The molecule has 1 N–H and O–H groups in total. The van der Waals surface area contributed by atoms with Crippen molar-refractivity contribution in [1.82, 2.24) is 5.32 Å². The highest BCUT2D eigenvalue weighted by Gasteiger charge is 2.44. The van der Waals surface area contributed by atoms with Crippen molar-refractivity contribution in [3.63, 3.8) is 0 Å². The molecule has 0 spiro atoms. The third-order valence-electron chi connectivity index (χ3n) is 7.08. The average Bonchev–Trinajstić information content (AvgIpc) is 3.27. The summed E-state index contributed by atoms with van der Waals surface area (Å²) in [6, 6.07) is 23.9. The van der Waals surface area contributed by atoms with Crippen LogP contribution in [0, 0.1) is 5.92 Å². The number of hydrogen-bond acceptors (Lipinski definition) is 9. The van der Waals surface area contributed by atoms with Gasteiger partial charge in [-0.05, 0) is 34.2 Å². The van der Waals surface area contributed by atoms with Crippen LogP contribution in [0.25, 0.3) is 11.1 Å². The van der Waals surface area contributed by atoms with Crippen LogP contribution in [0.3, 0.4) is 0 Å². The van der Waals surface area contributed by atoms with Gasteiger partial charge in [0, 0.05) is 25.8 Å². The zero-order valence-electron chi connectivity index (χ0n) is 23.2. The van der Waals surface area contributed by atoms with Crippen molar-refractivity contribution in [3.8, 4) is 11.1 Å². The Balaban J connectivity index is 1.23. The Labute approximate surface area is 242 Å². The SMILES string of the molecule is CC1(C)OC(=O)C(C[C@@H](CC(=O)OOCc2ccccc2)NC(=O)OCC2c3ccccc3-c3ccccc32)C(=O)O1. The Hall–Kier alpha value is -4.70. The molecule has 0 aromatic heterocycles. The molecule has 1 saturated heterocycles. The molecule has 2 aliphatic rings. The summed E-state index contributed by atoms with van der Waals surface area (Å²) >= 11 is 0. The van der Waals surface area contributed by atoms with Crippen LogP contribution in [0.4, 0.5) is 4.79 Å². The Morgan fingerprint density at radius 3 is 2.02 bits per heavy atom. The van der Waals surface area contributed by atoms with E-state index in [-0.39, 0.29) is 25.6 Å². The van der Waals surface area contributed by atoms with Gasteiger partial charge in [0.15, 0.2) is 5.92 Å². The summed E-state index contributed by atoms with van der Waals surface area (Å²) in [7, 11) is 0. The van der Waals surface area contributed by atoms with Crippen LogP contribution >= 0.6 is 0 Å². The van der Waals surface area contributed by atoms with E-state index in [1.54, 1.807) is 12.1 Å². The van der Waals surface area contributed by atoms with Gasteiger partial charge in [0.25, 0.3) is 5.79 Å². The maximum atomic E-state index is 13.0. The number of alkyl carbamates (subject to hydrolysis) is 1. The molecule has 5 rings (SSSR count). The molecular formula is C32H31NO9. The van der Waals surface area contributed by atoms with Crippen molar-refractivity contribution >= 4 is 24.0 Å². The van der Waals surface area contributed by atoms with E-state index < -0.39 is 48.2 Å². The van der Waals surface area contributed by atoms with Gasteiger partial charge in [-0.1, -0.05) is 78.9 Å². The van der Waals surface area contributed by atoms with Gasteiger partial charge in [-0.3, -0.25) is 14.5 Å². The number of ether oxygens (including phenoxy) is 3. The highest BCUT2D eigenvalue weighted by molar-refractivity contribution is 5.96. The van der Waals surface area contributed by atoms with Gasteiger partial charge in [0.1, 0.15) is 13.2 Å². The number of carbonyl (C=O) groups excluding carboxylic acids is 4. The Kier molecular flexibility index (Phi) is 8.53. The summed E-state index contributed by atoms with van der Waals surface area (Å²) in [6.07, 6.45) is -1.50. The first-order valence-electron chi connectivity index (χ1n) is 13.6. The lowest BCUT2D eigenvalue weighted by molar-refractivity contribution is -0.280. The highest BCUT2D eigenvalue weighted by atomic mass is 17.2. The second kappa shape index (κ2) is 12.4. The molecule has 1 fully saturated rings. The third-order valence-corrected chi connectivity index (χ3v) is 7.08. The third kappa shape index (κ3) is 6.77. The normalized spacial score (nSPS) is 16.4. The molecule has 1 aliphatic carbocycles. The molecule has 1 atom stereocenters. The van der Waals surface area contributed by atoms with E-state index in [1.165, 1.54) is 13.8 Å². The Morgan fingerprint density at radius 1 is 0.833 bits per heavy atom. The molecule has 1 aliphatic heterocycles. The molecular weight excluding hydrogens is 542 g/mol. The first-order valence-corrected chi connectivity index (χ1v) is 13.6. The van der Waals surface area contributed by atoms with Crippen LogP contribution in [0.2, 0.25) is 0 Å². The molecule has 10 nitrogen and oxygen atoms in total. The molecule has 1 heterocycles. The van der Waals surface area contributed by atoms with Crippen LogP contribution in [0.15, 0.2) is 78.9 Å². The molecule has 0 bridgehead atoms. The number of esters is 2. The second-order valence-electron chi connectivity index (χ2n) is 10.6. The van der Waals surface area contributed by atoms with Gasteiger partial charge < -0.3 is 19.5 Å². The van der Waals surface area contributed by atoms with Crippen LogP contribution in [0.1, 0.15) is 49.3 Å². The molecule has 1 amide bonds. The summed E-state index contributed by atoms with van der Waals surface area (Å²) in [6.45, 7) is 2.94. The smallest absolute Gasteiger partial charge is 0.407 e. The van der Waals surface area contributed by atoms with Crippen molar-refractivity contribution in [2.75, 3.05) is 6.61 Å². The predicted molar refractivity (Wildman–Crippen MR) is 148 cm³/mol. The average molecular weight is 574 g/mol.